The van der Waals surface area contributed by atoms with Gasteiger partial charge in [0.2, 0.25) is 0 Å². The van der Waals surface area contributed by atoms with Gasteiger partial charge in [0.25, 0.3) is 0 Å². The maximum absolute atomic E-state index is 11.4. The average Bonchev–Trinajstić information content (AvgIpc) is 2.73. The molecule has 1 aromatic carbocycles. The molecule has 1 unspecified atom stereocenters. The van der Waals surface area contributed by atoms with E-state index < -0.39 is 15.8 Å². The number of carbonyl (C=O) groups is 1. The minimum atomic E-state index is -3.06. The van der Waals surface area contributed by atoms with Gasteiger partial charge in [-0.2, -0.15) is 0 Å². The number of carboxylic acid groups (broad SMARTS) is 1. The Kier molecular flexibility index (Phi) is 4.65. The number of fused-ring (bicyclic) bond motifs is 1. The van der Waals surface area contributed by atoms with Crippen LogP contribution in [-0.4, -0.2) is 37.5 Å². The largest absolute Gasteiger partial charge is 0.477 e. The van der Waals surface area contributed by atoms with Crippen molar-refractivity contribution in [2.75, 3.05) is 12.0 Å². The molecular weight excluding hydrogens is 310 g/mol. The molecule has 114 valence electrons. The van der Waals surface area contributed by atoms with Crippen LogP contribution in [0.5, 0.6) is 0 Å². The third-order valence-electron chi connectivity index (χ3n) is 3.07. The highest BCUT2D eigenvalue weighted by molar-refractivity contribution is 7.90. The summed E-state index contributed by atoms with van der Waals surface area (Å²) in [6.07, 6.45) is 1.19. The first-order chi connectivity index (χ1) is 9.78. The van der Waals surface area contributed by atoms with E-state index in [1.165, 1.54) is 17.6 Å². The van der Waals surface area contributed by atoms with Crippen LogP contribution >= 0.6 is 11.3 Å². The Morgan fingerprint density at radius 2 is 2.05 bits per heavy atom. The highest BCUT2D eigenvalue weighted by Gasteiger charge is 2.18. The Morgan fingerprint density at radius 1 is 1.38 bits per heavy atom. The Bertz CT molecular complexity index is 764. The molecule has 0 spiro atoms. The molecular formula is C14H17NO4S2. The molecule has 0 saturated heterocycles. The van der Waals surface area contributed by atoms with E-state index in [4.69, 9.17) is 0 Å². The molecule has 1 heterocycles. The monoisotopic (exact) mass is 327 g/mol. The zero-order chi connectivity index (χ0) is 15.6. The van der Waals surface area contributed by atoms with Gasteiger partial charge in [-0.25, -0.2) is 13.2 Å². The second-order valence-corrected chi connectivity index (χ2v) is 8.32. The molecule has 2 rings (SSSR count). The van der Waals surface area contributed by atoms with Crippen molar-refractivity contribution < 1.29 is 18.3 Å². The molecule has 0 aliphatic heterocycles. The lowest BCUT2D eigenvalue weighted by molar-refractivity contribution is 0.0701. The second kappa shape index (κ2) is 6.13. The minimum absolute atomic E-state index is 0.0253. The van der Waals surface area contributed by atoms with Gasteiger partial charge >= 0.3 is 5.97 Å². The number of hydrogen-bond donors (Lipinski definition) is 2. The van der Waals surface area contributed by atoms with Crippen LogP contribution in [0.2, 0.25) is 0 Å². The Hall–Kier alpha value is -1.44. The van der Waals surface area contributed by atoms with E-state index in [1.54, 1.807) is 6.92 Å². The van der Waals surface area contributed by atoms with Crippen LogP contribution in [0.15, 0.2) is 24.3 Å². The number of nitrogens with one attached hydrogen (secondary N) is 1. The summed E-state index contributed by atoms with van der Waals surface area (Å²) in [5.74, 6) is -0.930. The highest BCUT2D eigenvalue weighted by atomic mass is 32.2. The van der Waals surface area contributed by atoms with Crippen molar-refractivity contribution in [3.8, 4) is 0 Å². The van der Waals surface area contributed by atoms with E-state index in [2.05, 4.69) is 5.32 Å². The topological polar surface area (TPSA) is 83.5 Å². The Labute approximate surface area is 127 Å². The van der Waals surface area contributed by atoms with E-state index in [1.807, 2.05) is 24.3 Å². The van der Waals surface area contributed by atoms with E-state index >= 15 is 0 Å². The number of hydrogen-bond acceptors (Lipinski definition) is 5. The number of carboxylic acids is 1. The zero-order valence-corrected chi connectivity index (χ0v) is 13.4. The van der Waals surface area contributed by atoms with Gasteiger partial charge in [-0.1, -0.05) is 18.2 Å². The van der Waals surface area contributed by atoms with Crippen molar-refractivity contribution in [1.29, 1.82) is 0 Å². The zero-order valence-electron chi connectivity index (χ0n) is 11.8. The lowest BCUT2D eigenvalue weighted by atomic mass is 10.1. The summed E-state index contributed by atoms with van der Waals surface area (Å²) in [4.78, 5) is 11.7. The summed E-state index contributed by atoms with van der Waals surface area (Å²) in [6, 6.07) is 7.27. The number of rotatable bonds is 6. The standard InChI is InChI=1S/C14H17NO4S2/c1-9(8-21(2,18)19)15-7-11-10-5-3-4-6-12(10)20-13(11)14(16)17/h3-6,9,15H,7-8H2,1-2H3,(H,16,17). The third kappa shape index (κ3) is 4.03. The summed E-state index contributed by atoms with van der Waals surface area (Å²) in [5, 5.41) is 13.3. The Balaban J connectivity index is 2.25. The molecule has 2 aromatic rings. The summed E-state index contributed by atoms with van der Waals surface area (Å²) >= 11 is 1.24. The maximum Gasteiger partial charge on any atom is 0.346 e. The number of benzene rings is 1. The first-order valence-electron chi connectivity index (χ1n) is 6.42. The van der Waals surface area contributed by atoms with E-state index in [0.29, 0.717) is 17.0 Å². The van der Waals surface area contributed by atoms with Crippen LogP contribution in [0, 0.1) is 0 Å². The molecule has 0 saturated carbocycles. The maximum atomic E-state index is 11.4. The fourth-order valence-electron chi connectivity index (χ4n) is 2.24. The third-order valence-corrected chi connectivity index (χ3v) is 5.38. The number of thiophene rings is 1. The van der Waals surface area contributed by atoms with Crippen LogP contribution < -0.4 is 5.32 Å². The lowest BCUT2D eigenvalue weighted by Crippen LogP contribution is -2.32. The van der Waals surface area contributed by atoms with Crippen LogP contribution in [-0.2, 0) is 16.4 Å². The SMILES string of the molecule is CC(CS(C)(=O)=O)NCc1c(C(=O)O)sc2ccccc12. The molecule has 2 N–H and O–H groups in total. The predicted molar refractivity (Wildman–Crippen MR) is 84.8 cm³/mol. The van der Waals surface area contributed by atoms with E-state index in [-0.39, 0.29) is 11.8 Å². The van der Waals surface area contributed by atoms with Crippen LogP contribution in [0.4, 0.5) is 0 Å². The van der Waals surface area contributed by atoms with Gasteiger partial charge in [-0.15, -0.1) is 11.3 Å². The van der Waals surface area contributed by atoms with Crippen molar-refractivity contribution in [2.45, 2.75) is 19.5 Å². The van der Waals surface area contributed by atoms with Gasteiger partial charge in [0.05, 0.1) is 5.75 Å². The molecule has 1 atom stereocenters. The van der Waals surface area contributed by atoms with Crippen molar-refractivity contribution in [3.05, 3.63) is 34.7 Å². The summed E-state index contributed by atoms with van der Waals surface area (Å²) in [6.45, 7) is 2.11. The first-order valence-corrected chi connectivity index (χ1v) is 9.30. The number of aromatic carboxylic acids is 1. The molecule has 0 radical (unpaired) electrons. The fourth-order valence-corrected chi connectivity index (χ4v) is 4.32. The quantitative estimate of drug-likeness (QED) is 0.849. The lowest BCUT2D eigenvalue weighted by Gasteiger charge is -2.12. The van der Waals surface area contributed by atoms with Gasteiger partial charge in [0, 0.05) is 23.5 Å². The fraction of sp³-hybridized carbons (Fsp3) is 0.357. The predicted octanol–water partition coefficient (Wildman–Crippen LogP) is 2.12. The van der Waals surface area contributed by atoms with Gasteiger partial charge in [-0.05, 0) is 23.9 Å². The molecule has 0 aliphatic rings. The molecule has 21 heavy (non-hydrogen) atoms. The summed E-state index contributed by atoms with van der Waals surface area (Å²) < 4.78 is 23.4. The molecule has 0 aliphatic carbocycles. The molecule has 0 fully saturated rings. The van der Waals surface area contributed by atoms with E-state index in [9.17, 15) is 18.3 Å². The summed E-state index contributed by atoms with van der Waals surface area (Å²) in [7, 11) is -3.06. The summed E-state index contributed by atoms with van der Waals surface area (Å²) in [5.41, 5.74) is 0.712. The molecule has 5 nitrogen and oxygen atoms in total. The Morgan fingerprint density at radius 3 is 2.67 bits per heavy atom. The van der Waals surface area contributed by atoms with Crippen molar-refractivity contribution in [1.82, 2.24) is 5.32 Å². The smallest absolute Gasteiger partial charge is 0.346 e. The molecule has 7 heteroatoms. The van der Waals surface area contributed by atoms with Crippen LogP contribution in [0.25, 0.3) is 10.1 Å². The normalized spacial score (nSPS) is 13.4. The van der Waals surface area contributed by atoms with Gasteiger partial charge < -0.3 is 10.4 Å². The minimum Gasteiger partial charge on any atom is -0.477 e. The molecule has 0 amide bonds. The van der Waals surface area contributed by atoms with Gasteiger partial charge in [0.15, 0.2) is 0 Å². The van der Waals surface area contributed by atoms with Gasteiger partial charge in [-0.3, -0.25) is 0 Å². The van der Waals surface area contributed by atoms with Crippen LogP contribution in [0.3, 0.4) is 0 Å². The van der Waals surface area contributed by atoms with Crippen LogP contribution in [0.1, 0.15) is 22.2 Å². The number of sulfone groups is 1. The van der Waals surface area contributed by atoms with Gasteiger partial charge in [0.1, 0.15) is 14.7 Å². The average molecular weight is 327 g/mol. The molecule has 0 bridgehead atoms. The van der Waals surface area contributed by atoms with E-state index in [0.717, 1.165) is 10.1 Å². The van der Waals surface area contributed by atoms with Crippen molar-refractivity contribution in [3.63, 3.8) is 0 Å². The molecule has 1 aromatic heterocycles. The van der Waals surface area contributed by atoms with Crippen molar-refractivity contribution in [2.24, 2.45) is 0 Å². The second-order valence-electron chi connectivity index (χ2n) is 5.09. The van der Waals surface area contributed by atoms with Crippen molar-refractivity contribution >= 4 is 37.2 Å². The first kappa shape index (κ1) is 15.9. The highest BCUT2D eigenvalue weighted by Crippen LogP contribution is 2.31.